The normalized spacial score (nSPS) is 30.9. The van der Waals surface area contributed by atoms with Crippen molar-refractivity contribution in [1.82, 2.24) is 0 Å². The molecule has 6 rings (SSSR count). The van der Waals surface area contributed by atoms with E-state index >= 15 is 0 Å². The molecule has 3 aliphatic heterocycles. The number of phenolic OH excluding ortho intramolecular Hbond substituents is 4. The Morgan fingerprint density at radius 2 is 1.37 bits per heavy atom. The summed E-state index contributed by atoms with van der Waals surface area (Å²) in [6, 6.07) is 12.1. The first-order valence-corrected chi connectivity index (χ1v) is 16.5. The lowest BCUT2D eigenvalue weighted by atomic mass is 9.98. The first kappa shape index (κ1) is 38.6. The molecule has 11 atom stereocenters. The first-order chi connectivity index (χ1) is 25.7. The Bertz CT molecular complexity index is 1860. The minimum Gasteiger partial charge on any atom is -0.571 e. The van der Waals surface area contributed by atoms with Gasteiger partial charge in [0.15, 0.2) is 17.3 Å². The third-order valence-electron chi connectivity index (χ3n) is 8.95. The summed E-state index contributed by atoms with van der Waals surface area (Å²) < 4.78 is 33.0. The molecule has 3 aromatic rings. The molecule has 290 valence electrons. The number of hydrogen-bond acceptors (Lipinski definition) is 17. The van der Waals surface area contributed by atoms with E-state index in [-0.39, 0.29) is 40.1 Å². The topological polar surface area (TPSA) is 299 Å². The monoisotopic (exact) mass is 759 g/mol. The molecule has 3 aliphatic rings. The van der Waals surface area contributed by atoms with Crippen molar-refractivity contribution in [2.24, 2.45) is 0 Å². The molecule has 0 aromatic heterocycles. The Morgan fingerprint density at radius 3 is 2.04 bits per heavy atom. The van der Waals surface area contributed by atoms with E-state index < -0.39 is 92.4 Å². The molecular formula is C36H39O18+. The number of hydrogen-bond donors (Lipinski definition) is 11. The van der Waals surface area contributed by atoms with Crippen molar-refractivity contribution in [3.05, 3.63) is 83.1 Å². The molecule has 54 heavy (non-hydrogen) atoms. The molecule has 18 nitrogen and oxygen atoms in total. The van der Waals surface area contributed by atoms with Gasteiger partial charge in [0.05, 0.1) is 18.2 Å². The Kier molecular flexibility index (Phi) is 11.5. The van der Waals surface area contributed by atoms with Crippen LogP contribution < -0.4 is 4.74 Å². The highest BCUT2D eigenvalue weighted by atomic mass is 16.7. The molecule has 18 heteroatoms. The van der Waals surface area contributed by atoms with Crippen molar-refractivity contribution in [1.29, 1.82) is 0 Å². The molecule has 2 fully saturated rings. The van der Waals surface area contributed by atoms with Gasteiger partial charge in [0.2, 0.25) is 12.6 Å². The summed E-state index contributed by atoms with van der Waals surface area (Å²) >= 11 is 0. The van der Waals surface area contributed by atoms with Crippen molar-refractivity contribution in [3.63, 3.8) is 0 Å². The van der Waals surface area contributed by atoms with Crippen LogP contribution in [0.2, 0.25) is 0 Å². The maximum atomic E-state index is 12.5. The number of fused-ring (bicyclic) bond motifs is 1. The maximum Gasteiger partial charge on any atom is 0.330 e. The van der Waals surface area contributed by atoms with Gasteiger partial charge in [-0.25, -0.2) is 4.79 Å². The number of aliphatic hydroxyl groups is 8. The summed E-state index contributed by atoms with van der Waals surface area (Å²) in [6.45, 7) is -1.34. The number of rotatable bonds is 10. The van der Waals surface area contributed by atoms with Crippen LogP contribution in [0.25, 0.3) is 12.2 Å². The molecule has 0 bridgehead atoms. The van der Waals surface area contributed by atoms with Crippen LogP contribution in [0.5, 0.6) is 34.5 Å². The number of aliphatic hydroxyl groups excluding tert-OH is 7. The van der Waals surface area contributed by atoms with Crippen molar-refractivity contribution in [2.45, 2.75) is 67.5 Å². The van der Waals surface area contributed by atoms with Gasteiger partial charge in [0.25, 0.3) is 11.9 Å². The van der Waals surface area contributed by atoms with E-state index in [1.807, 2.05) is 0 Å². The molecular weight excluding hydrogens is 720 g/mol. The van der Waals surface area contributed by atoms with Gasteiger partial charge in [-0.2, -0.15) is 0 Å². The van der Waals surface area contributed by atoms with Gasteiger partial charge in [-0.3, -0.25) is 0 Å². The molecule has 2 saturated heterocycles. The van der Waals surface area contributed by atoms with Crippen molar-refractivity contribution in [2.75, 3.05) is 13.2 Å². The van der Waals surface area contributed by atoms with Crippen LogP contribution in [-0.4, -0.2) is 142 Å². The lowest BCUT2D eigenvalue weighted by molar-refractivity contribution is -0.296. The van der Waals surface area contributed by atoms with Gasteiger partial charge in [-0.1, -0.05) is 6.07 Å². The molecule has 0 amide bonds. The van der Waals surface area contributed by atoms with Gasteiger partial charge in [0.1, 0.15) is 78.3 Å². The van der Waals surface area contributed by atoms with E-state index in [2.05, 4.69) is 4.74 Å². The predicted octanol–water partition coefficient (Wildman–Crippen LogP) is -0.894. The average Bonchev–Trinajstić information content (AvgIpc) is 3.15. The molecule has 0 saturated carbocycles. The Morgan fingerprint density at radius 1 is 0.722 bits per heavy atom. The third kappa shape index (κ3) is 8.16. The number of esters is 1. The Balaban J connectivity index is 1.26. The third-order valence-corrected chi connectivity index (χ3v) is 8.95. The van der Waals surface area contributed by atoms with Crippen LogP contribution in [0.1, 0.15) is 22.8 Å². The highest BCUT2D eigenvalue weighted by Gasteiger charge is 2.48. The predicted molar refractivity (Wildman–Crippen MR) is 181 cm³/mol. The first-order valence-electron chi connectivity index (χ1n) is 16.5. The fourth-order valence-corrected chi connectivity index (χ4v) is 5.96. The van der Waals surface area contributed by atoms with E-state index in [1.54, 1.807) is 0 Å². The highest BCUT2D eigenvalue weighted by Crippen LogP contribution is 2.46. The number of benzene rings is 3. The average molecular weight is 760 g/mol. The number of carbonyl (C=O) groups is 1. The van der Waals surface area contributed by atoms with Gasteiger partial charge >= 0.3 is 5.97 Å². The van der Waals surface area contributed by atoms with Crippen LogP contribution in [0.15, 0.2) is 66.4 Å². The van der Waals surface area contributed by atoms with Gasteiger partial charge < -0.3 is 84.6 Å². The van der Waals surface area contributed by atoms with Crippen LogP contribution in [0, 0.1) is 0 Å². The van der Waals surface area contributed by atoms with E-state index in [0.29, 0.717) is 11.1 Å². The van der Waals surface area contributed by atoms with E-state index in [9.17, 15) is 61.0 Å². The van der Waals surface area contributed by atoms with Crippen LogP contribution in [0.4, 0.5) is 0 Å². The van der Waals surface area contributed by atoms with Crippen LogP contribution in [-0.2, 0) is 23.7 Å². The number of phenols is 4. The van der Waals surface area contributed by atoms with Crippen molar-refractivity contribution >= 4 is 18.1 Å². The summed E-state index contributed by atoms with van der Waals surface area (Å²) in [6.07, 6.45) is -14.1. The van der Waals surface area contributed by atoms with E-state index in [4.69, 9.17) is 23.7 Å². The van der Waals surface area contributed by atoms with Crippen molar-refractivity contribution in [3.8, 4) is 34.5 Å². The fraction of sp³-hybridized carbons (Fsp3) is 0.361. The SMILES string of the molecule is O=C(C=Cc1ccc(O)c(O)c1)OCC1OC(OC2=Cc3c(OC4OC(CO)C(O)C(O)C4O)cc(O)cc3[OH+]C2c2ccc(O)cc2)C(O)C(O)C1O. The molecule has 12 N–H and O–H groups in total. The van der Waals surface area contributed by atoms with Crippen LogP contribution in [0.3, 0.4) is 0 Å². The lowest BCUT2D eigenvalue weighted by Gasteiger charge is -2.41. The molecule has 3 aromatic carbocycles. The second-order valence-electron chi connectivity index (χ2n) is 12.7. The van der Waals surface area contributed by atoms with E-state index in [0.717, 1.165) is 12.1 Å². The zero-order chi connectivity index (χ0) is 38.8. The number of aromatic hydroxyl groups is 5. The summed E-state index contributed by atoms with van der Waals surface area (Å²) in [5.41, 5.74) is 0.922. The number of ether oxygens (including phenoxy) is 6. The highest BCUT2D eigenvalue weighted by molar-refractivity contribution is 5.87. The van der Waals surface area contributed by atoms with Crippen LogP contribution >= 0.6 is 0 Å². The number of carbonyl (C=O) groups excluding carboxylic acids is 1. The quantitative estimate of drug-likeness (QED) is 0.0517. The molecule has 0 aliphatic carbocycles. The second kappa shape index (κ2) is 16.1. The maximum absolute atomic E-state index is 12.5. The fourth-order valence-electron chi connectivity index (χ4n) is 5.96. The lowest BCUT2D eigenvalue weighted by Crippen LogP contribution is -2.60. The molecule has 0 radical (unpaired) electrons. The van der Waals surface area contributed by atoms with Gasteiger partial charge in [-0.15, -0.1) is 0 Å². The second-order valence-corrected chi connectivity index (χ2v) is 12.7. The zero-order valence-electron chi connectivity index (χ0n) is 28.0. The van der Waals surface area contributed by atoms with Gasteiger partial charge in [0, 0.05) is 18.2 Å². The molecule has 3 heterocycles. The van der Waals surface area contributed by atoms with Gasteiger partial charge in [-0.05, 0) is 48.0 Å². The zero-order valence-corrected chi connectivity index (χ0v) is 28.0. The summed E-state index contributed by atoms with van der Waals surface area (Å²) in [5, 5.41) is 113. The summed E-state index contributed by atoms with van der Waals surface area (Å²) in [7, 11) is 0. The smallest absolute Gasteiger partial charge is 0.330 e. The minimum atomic E-state index is -1.86. The Hall–Kier alpha value is -5.15. The summed E-state index contributed by atoms with van der Waals surface area (Å²) in [4.78, 5) is 12.5. The minimum absolute atomic E-state index is 0.0546. The Labute approximate surface area is 305 Å². The standard InChI is InChI=1S/C36H38O18/c37-13-25-28(43)30(45)32(47)35(53-25)51-23-11-18(39)10-22-19(23)12-24(34(50-22)16-3-5-17(38)6-4-16)52-36-33(48)31(46)29(44)26(54-36)14-49-27(42)8-2-15-1-7-20(40)21(41)9-15/h1-12,25-26,28-41,43-48H,13-14H2/p+1. The largest absolute Gasteiger partial charge is 0.571 e. The van der Waals surface area contributed by atoms with Crippen molar-refractivity contribution < 1.29 is 89.4 Å². The molecule has 11 unspecified atom stereocenters. The molecule has 0 spiro atoms. The van der Waals surface area contributed by atoms with E-state index in [1.165, 1.54) is 60.7 Å². The summed E-state index contributed by atoms with van der Waals surface area (Å²) in [5.74, 6) is -2.15.